The summed E-state index contributed by atoms with van der Waals surface area (Å²) in [5, 5.41) is 8.61. The molecule has 0 amide bonds. The topological polar surface area (TPSA) is 59.4 Å². The van der Waals surface area contributed by atoms with Crippen molar-refractivity contribution in [1.29, 1.82) is 0 Å². The molecule has 0 saturated carbocycles. The van der Waals surface area contributed by atoms with Crippen LogP contribution in [0.1, 0.15) is 25.0 Å². The van der Waals surface area contributed by atoms with Gasteiger partial charge in [-0.15, -0.1) is 0 Å². The standard InChI is InChI=1S/C11H15NO3/c1-7(2)15-11-8(3)4-9(6-12-11)5-10(13)14/h4,6-7H,5H2,1-3H3,(H,13,14). The Labute approximate surface area is 88.9 Å². The molecule has 4 heteroatoms. The fourth-order valence-electron chi connectivity index (χ4n) is 1.24. The molecule has 0 aromatic carbocycles. The summed E-state index contributed by atoms with van der Waals surface area (Å²) < 4.78 is 5.45. The lowest BCUT2D eigenvalue weighted by Crippen LogP contribution is -2.09. The smallest absolute Gasteiger partial charge is 0.307 e. The van der Waals surface area contributed by atoms with Crippen molar-refractivity contribution >= 4 is 5.97 Å². The van der Waals surface area contributed by atoms with Crippen LogP contribution in [0.2, 0.25) is 0 Å². The average molecular weight is 209 g/mol. The molecule has 0 spiro atoms. The van der Waals surface area contributed by atoms with Gasteiger partial charge < -0.3 is 9.84 Å². The number of carboxylic acid groups (broad SMARTS) is 1. The predicted octanol–water partition coefficient (Wildman–Crippen LogP) is 1.80. The first-order chi connectivity index (χ1) is 6.99. The third kappa shape index (κ3) is 3.58. The molecule has 1 rings (SSSR count). The van der Waals surface area contributed by atoms with Gasteiger partial charge in [-0.3, -0.25) is 4.79 Å². The molecule has 1 aromatic rings. The molecule has 0 atom stereocenters. The molecule has 0 aliphatic carbocycles. The molecule has 82 valence electrons. The van der Waals surface area contributed by atoms with Crippen LogP contribution in [0, 0.1) is 6.92 Å². The van der Waals surface area contributed by atoms with Crippen molar-refractivity contribution in [2.45, 2.75) is 33.3 Å². The highest BCUT2D eigenvalue weighted by molar-refractivity contribution is 5.70. The van der Waals surface area contributed by atoms with E-state index in [-0.39, 0.29) is 12.5 Å². The Morgan fingerprint density at radius 1 is 1.60 bits per heavy atom. The van der Waals surface area contributed by atoms with E-state index in [1.807, 2.05) is 20.8 Å². The van der Waals surface area contributed by atoms with Crippen molar-refractivity contribution in [3.63, 3.8) is 0 Å². The van der Waals surface area contributed by atoms with E-state index < -0.39 is 5.97 Å². The van der Waals surface area contributed by atoms with Crippen LogP contribution in [0.25, 0.3) is 0 Å². The third-order valence-corrected chi connectivity index (χ3v) is 1.79. The molecule has 0 aliphatic heterocycles. The molecular weight excluding hydrogens is 194 g/mol. The quantitative estimate of drug-likeness (QED) is 0.821. The van der Waals surface area contributed by atoms with Gasteiger partial charge >= 0.3 is 5.97 Å². The minimum Gasteiger partial charge on any atom is -0.481 e. The van der Waals surface area contributed by atoms with Gasteiger partial charge in [0.1, 0.15) is 0 Å². The van der Waals surface area contributed by atoms with Gasteiger partial charge in [0.15, 0.2) is 0 Å². The Morgan fingerprint density at radius 3 is 2.73 bits per heavy atom. The number of aryl methyl sites for hydroxylation is 1. The summed E-state index contributed by atoms with van der Waals surface area (Å²) in [5.74, 6) is -0.284. The Hall–Kier alpha value is -1.58. The van der Waals surface area contributed by atoms with Gasteiger partial charge in [-0.05, 0) is 32.4 Å². The van der Waals surface area contributed by atoms with E-state index in [2.05, 4.69) is 4.98 Å². The van der Waals surface area contributed by atoms with Gasteiger partial charge in [-0.2, -0.15) is 0 Å². The third-order valence-electron chi connectivity index (χ3n) is 1.79. The largest absolute Gasteiger partial charge is 0.481 e. The van der Waals surface area contributed by atoms with Crippen LogP contribution in [0.3, 0.4) is 0 Å². The highest BCUT2D eigenvalue weighted by atomic mass is 16.5. The maximum absolute atomic E-state index is 10.5. The van der Waals surface area contributed by atoms with E-state index in [1.165, 1.54) is 0 Å². The Balaban J connectivity index is 2.83. The zero-order chi connectivity index (χ0) is 11.4. The highest BCUT2D eigenvalue weighted by Gasteiger charge is 2.07. The van der Waals surface area contributed by atoms with Gasteiger partial charge in [0, 0.05) is 11.8 Å². The number of rotatable bonds is 4. The molecular formula is C11H15NO3. The van der Waals surface area contributed by atoms with Crippen LogP contribution in [0.15, 0.2) is 12.3 Å². The molecule has 0 unspecified atom stereocenters. The molecule has 0 fully saturated rings. The number of ether oxygens (including phenoxy) is 1. The second kappa shape index (κ2) is 4.77. The number of carbonyl (C=O) groups is 1. The van der Waals surface area contributed by atoms with Crippen LogP contribution in [0.4, 0.5) is 0 Å². The van der Waals surface area contributed by atoms with Crippen molar-refractivity contribution in [1.82, 2.24) is 4.98 Å². The molecule has 1 aromatic heterocycles. The SMILES string of the molecule is Cc1cc(CC(=O)O)cnc1OC(C)C. The van der Waals surface area contributed by atoms with Crippen LogP contribution in [-0.2, 0) is 11.2 Å². The Kier molecular flexibility index (Phi) is 3.66. The van der Waals surface area contributed by atoms with Crippen LogP contribution in [-0.4, -0.2) is 22.2 Å². The molecule has 1 heterocycles. The Morgan fingerprint density at radius 2 is 2.27 bits per heavy atom. The minimum atomic E-state index is -0.853. The highest BCUT2D eigenvalue weighted by Crippen LogP contribution is 2.16. The van der Waals surface area contributed by atoms with E-state index in [0.29, 0.717) is 11.4 Å². The molecule has 0 saturated heterocycles. The fraction of sp³-hybridized carbons (Fsp3) is 0.455. The number of aromatic nitrogens is 1. The normalized spacial score (nSPS) is 10.4. The molecule has 0 radical (unpaired) electrons. The number of aliphatic carboxylic acids is 1. The first-order valence-corrected chi connectivity index (χ1v) is 4.83. The summed E-state index contributed by atoms with van der Waals surface area (Å²) in [6.45, 7) is 5.70. The number of hydrogen-bond donors (Lipinski definition) is 1. The summed E-state index contributed by atoms with van der Waals surface area (Å²) >= 11 is 0. The van der Waals surface area contributed by atoms with Gasteiger partial charge in [-0.1, -0.05) is 0 Å². The number of hydrogen-bond acceptors (Lipinski definition) is 3. The predicted molar refractivity (Wildman–Crippen MR) is 56.1 cm³/mol. The maximum Gasteiger partial charge on any atom is 0.307 e. The second-order valence-electron chi connectivity index (χ2n) is 3.70. The van der Waals surface area contributed by atoms with E-state index in [0.717, 1.165) is 5.56 Å². The van der Waals surface area contributed by atoms with Gasteiger partial charge in [0.25, 0.3) is 0 Å². The van der Waals surface area contributed by atoms with Gasteiger partial charge in [0.05, 0.1) is 12.5 Å². The molecule has 0 bridgehead atoms. The fourth-order valence-corrected chi connectivity index (χ4v) is 1.24. The van der Waals surface area contributed by atoms with Crippen molar-refractivity contribution < 1.29 is 14.6 Å². The first kappa shape index (κ1) is 11.5. The zero-order valence-electron chi connectivity index (χ0n) is 9.15. The number of nitrogens with zero attached hydrogens (tertiary/aromatic N) is 1. The molecule has 1 N–H and O–H groups in total. The second-order valence-corrected chi connectivity index (χ2v) is 3.70. The number of carboxylic acids is 1. The lowest BCUT2D eigenvalue weighted by molar-refractivity contribution is -0.136. The summed E-state index contributed by atoms with van der Waals surface area (Å²) in [6.07, 6.45) is 1.61. The summed E-state index contributed by atoms with van der Waals surface area (Å²) in [4.78, 5) is 14.6. The summed E-state index contributed by atoms with van der Waals surface area (Å²) in [6, 6.07) is 1.79. The molecule has 0 aliphatic rings. The molecule has 4 nitrogen and oxygen atoms in total. The zero-order valence-corrected chi connectivity index (χ0v) is 9.15. The Bertz CT molecular complexity index is 361. The maximum atomic E-state index is 10.5. The van der Waals surface area contributed by atoms with Crippen LogP contribution in [0.5, 0.6) is 5.88 Å². The minimum absolute atomic E-state index is 0.00417. The molecule has 15 heavy (non-hydrogen) atoms. The van der Waals surface area contributed by atoms with Gasteiger partial charge in [0.2, 0.25) is 5.88 Å². The van der Waals surface area contributed by atoms with Crippen molar-refractivity contribution in [3.8, 4) is 5.88 Å². The van der Waals surface area contributed by atoms with E-state index in [4.69, 9.17) is 9.84 Å². The van der Waals surface area contributed by atoms with E-state index >= 15 is 0 Å². The monoisotopic (exact) mass is 209 g/mol. The van der Waals surface area contributed by atoms with E-state index in [9.17, 15) is 4.79 Å². The van der Waals surface area contributed by atoms with Crippen molar-refractivity contribution in [2.75, 3.05) is 0 Å². The van der Waals surface area contributed by atoms with Crippen LogP contribution >= 0.6 is 0 Å². The van der Waals surface area contributed by atoms with Crippen molar-refractivity contribution in [2.24, 2.45) is 0 Å². The van der Waals surface area contributed by atoms with Crippen molar-refractivity contribution in [3.05, 3.63) is 23.4 Å². The van der Waals surface area contributed by atoms with Gasteiger partial charge in [-0.25, -0.2) is 4.98 Å². The number of pyridine rings is 1. The average Bonchev–Trinajstić information content (AvgIpc) is 2.08. The summed E-state index contributed by atoms with van der Waals surface area (Å²) in [5.41, 5.74) is 1.55. The van der Waals surface area contributed by atoms with E-state index in [1.54, 1.807) is 12.3 Å². The summed E-state index contributed by atoms with van der Waals surface area (Å²) in [7, 11) is 0. The lowest BCUT2D eigenvalue weighted by Gasteiger charge is -2.11. The first-order valence-electron chi connectivity index (χ1n) is 4.83. The lowest BCUT2D eigenvalue weighted by atomic mass is 10.1. The van der Waals surface area contributed by atoms with Crippen LogP contribution < -0.4 is 4.74 Å².